The van der Waals surface area contributed by atoms with Gasteiger partial charge < -0.3 is 4.42 Å². The molecule has 0 unspecified atom stereocenters. The third-order valence-electron chi connectivity index (χ3n) is 5.32. The number of nitrogens with two attached hydrogens (primary N) is 1. The average molecular weight is 361 g/mol. The first-order valence-corrected chi connectivity index (χ1v) is 10.4. The third kappa shape index (κ3) is 3.43. The summed E-state index contributed by atoms with van der Waals surface area (Å²) in [4.78, 5) is 6.58. The van der Waals surface area contributed by atoms with Crippen LogP contribution in [0.5, 0.6) is 0 Å². The molecule has 0 bridgehead atoms. The lowest BCUT2D eigenvalue weighted by Gasteiger charge is -2.14. The first-order chi connectivity index (χ1) is 12.0. The fraction of sp³-hybridized carbons (Fsp3) is 0.500. The Hall–Kier alpha value is -1.86. The second-order valence-electron chi connectivity index (χ2n) is 7.04. The van der Waals surface area contributed by atoms with E-state index in [-0.39, 0.29) is 4.90 Å². The molecule has 25 heavy (non-hydrogen) atoms. The second kappa shape index (κ2) is 6.46. The van der Waals surface area contributed by atoms with E-state index in [0.717, 1.165) is 42.3 Å². The van der Waals surface area contributed by atoms with Crippen LogP contribution in [0.3, 0.4) is 0 Å². The number of hydrogen-bond donors (Lipinski definition) is 1. The average Bonchev–Trinajstić information content (AvgIpc) is 3.31. The number of nitrogens with zero attached hydrogens (tertiary/aromatic N) is 2. The van der Waals surface area contributed by atoms with Gasteiger partial charge in [-0.05, 0) is 42.5 Å². The quantitative estimate of drug-likeness (QED) is 0.883. The molecule has 6 nitrogen and oxygen atoms in total. The summed E-state index contributed by atoms with van der Waals surface area (Å²) < 4.78 is 29.0. The van der Waals surface area contributed by atoms with Crippen molar-refractivity contribution in [1.82, 2.24) is 4.98 Å². The van der Waals surface area contributed by atoms with Gasteiger partial charge in [-0.2, -0.15) is 0 Å². The van der Waals surface area contributed by atoms with Gasteiger partial charge in [0.15, 0.2) is 0 Å². The van der Waals surface area contributed by atoms with E-state index in [1.165, 1.54) is 38.2 Å². The molecule has 0 amide bonds. The zero-order chi connectivity index (χ0) is 17.4. The Balaban J connectivity index is 1.49. The van der Waals surface area contributed by atoms with Crippen LogP contribution >= 0.6 is 0 Å². The van der Waals surface area contributed by atoms with Crippen LogP contribution in [-0.2, 0) is 22.9 Å². The molecule has 1 aromatic heterocycles. The molecule has 4 rings (SSSR count). The largest absolute Gasteiger partial charge is 0.428 e. The molecule has 1 saturated carbocycles. The minimum atomic E-state index is -3.68. The number of hydrogen-bond acceptors (Lipinski definition) is 5. The highest BCUT2D eigenvalue weighted by Crippen LogP contribution is 2.36. The number of oxazole rings is 1. The standard InChI is InChI=1S/C18H23N3O3S/c19-25(22,23)16-7-8-17-14(11-16)9-10-21(17)18-20-12-15(24-18)6-5-13-3-1-2-4-13/h7-8,11-13H,1-6,9-10H2,(H2,19,22,23). The predicted octanol–water partition coefficient (Wildman–Crippen LogP) is 3.14. The Bertz CT molecular complexity index is 869. The van der Waals surface area contributed by atoms with Gasteiger partial charge in [-0.25, -0.2) is 18.5 Å². The first-order valence-electron chi connectivity index (χ1n) is 8.89. The minimum absolute atomic E-state index is 0.151. The summed E-state index contributed by atoms with van der Waals surface area (Å²) in [5, 5.41) is 5.21. The molecule has 7 heteroatoms. The number of benzene rings is 1. The number of aromatic nitrogens is 1. The molecule has 0 spiro atoms. The van der Waals surface area contributed by atoms with E-state index >= 15 is 0 Å². The summed E-state index contributed by atoms with van der Waals surface area (Å²) in [7, 11) is -3.68. The van der Waals surface area contributed by atoms with Crippen LogP contribution in [0.15, 0.2) is 33.7 Å². The molecule has 0 atom stereocenters. The molecule has 0 saturated heterocycles. The zero-order valence-corrected chi connectivity index (χ0v) is 15.0. The number of rotatable bonds is 5. The predicted molar refractivity (Wildman–Crippen MR) is 95.3 cm³/mol. The first kappa shape index (κ1) is 16.6. The van der Waals surface area contributed by atoms with Crippen LogP contribution < -0.4 is 10.0 Å². The third-order valence-corrected chi connectivity index (χ3v) is 6.23. The van der Waals surface area contributed by atoms with Crippen LogP contribution in [0.4, 0.5) is 11.7 Å². The van der Waals surface area contributed by atoms with Crippen molar-refractivity contribution in [3.8, 4) is 0 Å². The molecule has 0 radical (unpaired) electrons. The Labute approximate surface area is 148 Å². The van der Waals surface area contributed by atoms with Crippen molar-refractivity contribution in [2.24, 2.45) is 11.1 Å². The monoisotopic (exact) mass is 361 g/mol. The summed E-state index contributed by atoms with van der Waals surface area (Å²) in [5.74, 6) is 1.76. The lowest BCUT2D eigenvalue weighted by molar-refractivity contribution is 0.448. The van der Waals surface area contributed by atoms with Gasteiger partial charge in [-0.3, -0.25) is 4.90 Å². The van der Waals surface area contributed by atoms with E-state index in [9.17, 15) is 8.42 Å². The molecular weight excluding hydrogens is 338 g/mol. The zero-order valence-electron chi connectivity index (χ0n) is 14.1. The maximum absolute atomic E-state index is 11.5. The molecule has 134 valence electrons. The van der Waals surface area contributed by atoms with Crippen molar-refractivity contribution in [1.29, 1.82) is 0 Å². The number of aryl methyl sites for hydroxylation is 1. The van der Waals surface area contributed by atoms with Gasteiger partial charge >= 0.3 is 6.01 Å². The van der Waals surface area contributed by atoms with Crippen LogP contribution in [0, 0.1) is 5.92 Å². The molecule has 1 aliphatic carbocycles. The van der Waals surface area contributed by atoms with Gasteiger partial charge in [-0.15, -0.1) is 0 Å². The van der Waals surface area contributed by atoms with Gasteiger partial charge in [0.25, 0.3) is 0 Å². The Kier molecular flexibility index (Phi) is 4.29. The van der Waals surface area contributed by atoms with Crippen molar-refractivity contribution in [3.63, 3.8) is 0 Å². The second-order valence-corrected chi connectivity index (χ2v) is 8.60. The lowest BCUT2D eigenvalue weighted by atomic mass is 10.0. The molecule has 2 aliphatic rings. The summed E-state index contributed by atoms with van der Waals surface area (Å²) in [6.45, 7) is 0.728. The van der Waals surface area contributed by atoms with Crippen LogP contribution in [0.2, 0.25) is 0 Å². The lowest BCUT2D eigenvalue weighted by Crippen LogP contribution is -2.14. The topological polar surface area (TPSA) is 89.4 Å². The van der Waals surface area contributed by atoms with Crippen LogP contribution in [0.1, 0.15) is 43.4 Å². The molecular formula is C18H23N3O3S. The maximum Gasteiger partial charge on any atom is 0.302 e. The van der Waals surface area contributed by atoms with E-state index in [1.54, 1.807) is 12.1 Å². The molecule has 1 aliphatic heterocycles. The number of fused-ring (bicyclic) bond motifs is 1. The van der Waals surface area contributed by atoms with Crippen molar-refractivity contribution in [2.45, 2.75) is 49.8 Å². The summed E-state index contributed by atoms with van der Waals surface area (Å²) in [6.07, 6.45) is 10.1. The highest BCUT2D eigenvalue weighted by molar-refractivity contribution is 7.89. The SMILES string of the molecule is NS(=O)(=O)c1ccc2c(c1)CCN2c1ncc(CCC2CCCC2)o1. The van der Waals surface area contributed by atoms with E-state index in [1.807, 2.05) is 11.1 Å². The molecule has 2 N–H and O–H groups in total. The van der Waals surface area contributed by atoms with Crippen molar-refractivity contribution < 1.29 is 12.8 Å². The Morgan fingerprint density at radius 1 is 1.28 bits per heavy atom. The summed E-state index contributed by atoms with van der Waals surface area (Å²) in [5.41, 5.74) is 1.90. The van der Waals surface area contributed by atoms with Gasteiger partial charge in [0.1, 0.15) is 5.76 Å². The normalized spacial score (nSPS) is 18.0. The highest BCUT2D eigenvalue weighted by atomic mass is 32.2. The van der Waals surface area contributed by atoms with Gasteiger partial charge in [0, 0.05) is 18.7 Å². The van der Waals surface area contributed by atoms with Crippen LogP contribution in [0.25, 0.3) is 0 Å². The highest BCUT2D eigenvalue weighted by Gasteiger charge is 2.26. The number of primary sulfonamides is 1. The van der Waals surface area contributed by atoms with E-state index in [0.29, 0.717) is 6.01 Å². The van der Waals surface area contributed by atoms with E-state index in [2.05, 4.69) is 4.98 Å². The Morgan fingerprint density at radius 2 is 2.08 bits per heavy atom. The van der Waals surface area contributed by atoms with Gasteiger partial charge in [-0.1, -0.05) is 25.7 Å². The van der Waals surface area contributed by atoms with Crippen molar-refractivity contribution in [2.75, 3.05) is 11.4 Å². The summed E-state index contributed by atoms with van der Waals surface area (Å²) >= 11 is 0. The Morgan fingerprint density at radius 3 is 2.84 bits per heavy atom. The van der Waals surface area contributed by atoms with Gasteiger partial charge in [0.2, 0.25) is 10.0 Å². The number of anilines is 2. The van der Waals surface area contributed by atoms with Crippen molar-refractivity contribution in [3.05, 3.63) is 35.7 Å². The van der Waals surface area contributed by atoms with Gasteiger partial charge in [0.05, 0.1) is 11.1 Å². The fourth-order valence-electron chi connectivity index (χ4n) is 3.94. The minimum Gasteiger partial charge on any atom is -0.428 e. The smallest absolute Gasteiger partial charge is 0.302 e. The molecule has 2 heterocycles. The maximum atomic E-state index is 11.5. The van der Waals surface area contributed by atoms with E-state index in [4.69, 9.17) is 9.56 Å². The molecule has 2 aromatic rings. The molecule has 1 aromatic carbocycles. The van der Waals surface area contributed by atoms with Crippen molar-refractivity contribution >= 4 is 21.7 Å². The molecule has 1 fully saturated rings. The van der Waals surface area contributed by atoms with Crippen LogP contribution in [-0.4, -0.2) is 19.9 Å². The van der Waals surface area contributed by atoms with E-state index < -0.39 is 10.0 Å². The fourth-order valence-corrected chi connectivity index (χ4v) is 4.50. The summed E-state index contributed by atoms with van der Waals surface area (Å²) in [6, 6.07) is 5.55. The number of sulfonamides is 1.